The summed E-state index contributed by atoms with van der Waals surface area (Å²) in [6.07, 6.45) is 13.7. The van der Waals surface area contributed by atoms with Gasteiger partial charge >= 0.3 is 0 Å². The fraction of sp³-hybridized carbons (Fsp3) is 0.167. The van der Waals surface area contributed by atoms with Crippen LogP contribution >= 0.6 is 0 Å². The van der Waals surface area contributed by atoms with E-state index in [0.29, 0.717) is 17.6 Å². The number of rotatable bonds is 8. The predicted molar refractivity (Wildman–Crippen MR) is 89.5 cm³/mol. The zero-order chi connectivity index (χ0) is 15.4. The summed E-state index contributed by atoms with van der Waals surface area (Å²) in [7, 11) is 0. The van der Waals surface area contributed by atoms with Crippen molar-refractivity contribution in [1.82, 2.24) is 0 Å². The summed E-state index contributed by atoms with van der Waals surface area (Å²) < 4.78 is 5.58. The van der Waals surface area contributed by atoms with E-state index in [-0.39, 0.29) is 0 Å². The molecule has 0 amide bonds. The number of nitrogens with zero attached hydrogens (tertiary/aromatic N) is 1. The van der Waals surface area contributed by atoms with Gasteiger partial charge in [-0.1, -0.05) is 58.4 Å². The second kappa shape index (κ2) is 10.6. The van der Waals surface area contributed by atoms with Crippen LogP contribution in [0.4, 0.5) is 0 Å². The lowest BCUT2D eigenvalue weighted by molar-refractivity contribution is 0.438. The largest absolute Gasteiger partial charge is 0.439 e. The van der Waals surface area contributed by atoms with Crippen molar-refractivity contribution in [2.75, 3.05) is 0 Å². The summed E-state index contributed by atoms with van der Waals surface area (Å²) in [5.74, 6) is 1.39. The van der Waals surface area contributed by atoms with Crippen LogP contribution in [-0.2, 0) is 4.74 Å². The zero-order valence-electron chi connectivity index (χ0n) is 12.4. The van der Waals surface area contributed by atoms with Crippen LogP contribution in [0.1, 0.15) is 13.8 Å². The van der Waals surface area contributed by atoms with Crippen LogP contribution in [0.5, 0.6) is 0 Å². The average Bonchev–Trinajstić information content (AvgIpc) is 2.44. The molecule has 0 radical (unpaired) electrons. The summed E-state index contributed by atoms with van der Waals surface area (Å²) >= 11 is 0. The van der Waals surface area contributed by atoms with Gasteiger partial charge in [0.25, 0.3) is 0 Å². The average molecular weight is 269 g/mol. The molecule has 0 aliphatic carbocycles. The summed E-state index contributed by atoms with van der Waals surface area (Å²) in [6.45, 7) is 18.9. The SMILES string of the molecule is C=C/C=C\N=C(/C=C)O/C(C=C)=C/C=C(\C=C)C(C)C. The van der Waals surface area contributed by atoms with E-state index in [1.807, 2.05) is 18.2 Å². The van der Waals surface area contributed by atoms with E-state index in [0.717, 1.165) is 5.57 Å². The molecule has 0 unspecified atom stereocenters. The molecular formula is C18H23NO. The Hall–Kier alpha value is -2.35. The van der Waals surface area contributed by atoms with E-state index in [1.54, 1.807) is 24.4 Å². The first-order chi connectivity index (χ1) is 9.58. The molecule has 0 fully saturated rings. The highest BCUT2D eigenvalue weighted by Crippen LogP contribution is 2.12. The van der Waals surface area contributed by atoms with E-state index >= 15 is 0 Å². The first-order valence-electron chi connectivity index (χ1n) is 6.41. The molecule has 0 saturated carbocycles. The van der Waals surface area contributed by atoms with Crippen LogP contribution in [0.3, 0.4) is 0 Å². The van der Waals surface area contributed by atoms with Gasteiger partial charge in [-0.2, -0.15) is 0 Å². The predicted octanol–water partition coefficient (Wildman–Crippen LogP) is 5.13. The van der Waals surface area contributed by atoms with Crippen LogP contribution in [0.25, 0.3) is 0 Å². The van der Waals surface area contributed by atoms with Crippen LogP contribution in [-0.4, -0.2) is 5.90 Å². The normalized spacial score (nSPS) is 13.4. The molecule has 106 valence electrons. The molecule has 0 aromatic heterocycles. The molecule has 0 atom stereocenters. The fourth-order valence-corrected chi connectivity index (χ4v) is 1.24. The summed E-state index contributed by atoms with van der Waals surface area (Å²) in [5, 5.41) is 0. The zero-order valence-corrected chi connectivity index (χ0v) is 12.4. The van der Waals surface area contributed by atoms with E-state index < -0.39 is 0 Å². The third-order valence-electron chi connectivity index (χ3n) is 2.36. The number of hydrogen-bond acceptors (Lipinski definition) is 2. The highest BCUT2D eigenvalue weighted by atomic mass is 16.5. The smallest absolute Gasteiger partial charge is 0.218 e. The summed E-state index contributed by atoms with van der Waals surface area (Å²) in [4.78, 5) is 4.10. The lowest BCUT2D eigenvalue weighted by Crippen LogP contribution is -1.99. The second-order valence-electron chi connectivity index (χ2n) is 4.15. The summed E-state index contributed by atoms with van der Waals surface area (Å²) in [6, 6.07) is 0. The second-order valence-corrected chi connectivity index (χ2v) is 4.15. The van der Waals surface area contributed by atoms with Gasteiger partial charge in [-0.3, -0.25) is 0 Å². The van der Waals surface area contributed by atoms with Crippen molar-refractivity contribution in [3.05, 3.63) is 86.4 Å². The maximum absolute atomic E-state index is 5.58. The van der Waals surface area contributed by atoms with Crippen molar-refractivity contribution >= 4 is 5.90 Å². The Kier molecular flexibility index (Phi) is 9.32. The molecule has 0 saturated heterocycles. The van der Waals surface area contributed by atoms with Gasteiger partial charge in [0.15, 0.2) is 0 Å². The Morgan fingerprint density at radius 3 is 2.15 bits per heavy atom. The van der Waals surface area contributed by atoms with Crippen LogP contribution in [0.2, 0.25) is 0 Å². The molecule has 2 nitrogen and oxygen atoms in total. The van der Waals surface area contributed by atoms with Gasteiger partial charge in [-0.05, 0) is 35.8 Å². The first kappa shape index (κ1) is 17.6. The molecule has 0 heterocycles. The highest BCUT2D eigenvalue weighted by Gasteiger charge is 1.99. The van der Waals surface area contributed by atoms with Crippen molar-refractivity contribution in [2.45, 2.75) is 13.8 Å². The third kappa shape index (κ3) is 7.17. The van der Waals surface area contributed by atoms with Crippen LogP contribution in [0.15, 0.2) is 91.4 Å². The minimum absolute atomic E-state index is 0.396. The fourth-order valence-electron chi connectivity index (χ4n) is 1.24. The minimum Gasteiger partial charge on any atom is -0.439 e. The first-order valence-corrected chi connectivity index (χ1v) is 6.41. The Balaban J connectivity index is 5.09. The molecule has 0 bridgehead atoms. The molecule has 0 N–H and O–H groups in total. The van der Waals surface area contributed by atoms with Gasteiger partial charge in [0.1, 0.15) is 5.76 Å². The number of aliphatic imine (C=N–C) groups is 1. The Morgan fingerprint density at radius 1 is 1.00 bits per heavy atom. The van der Waals surface area contributed by atoms with Crippen molar-refractivity contribution in [3.63, 3.8) is 0 Å². The van der Waals surface area contributed by atoms with E-state index in [4.69, 9.17) is 4.74 Å². The van der Waals surface area contributed by atoms with Crippen molar-refractivity contribution in [1.29, 1.82) is 0 Å². The van der Waals surface area contributed by atoms with Crippen molar-refractivity contribution in [3.8, 4) is 0 Å². The van der Waals surface area contributed by atoms with E-state index in [9.17, 15) is 0 Å². The van der Waals surface area contributed by atoms with E-state index in [2.05, 4.69) is 45.2 Å². The van der Waals surface area contributed by atoms with Gasteiger partial charge in [0, 0.05) is 6.20 Å². The molecule has 0 aromatic carbocycles. The third-order valence-corrected chi connectivity index (χ3v) is 2.36. The molecule has 0 spiro atoms. The van der Waals surface area contributed by atoms with E-state index in [1.165, 1.54) is 6.08 Å². The molecule has 20 heavy (non-hydrogen) atoms. The van der Waals surface area contributed by atoms with Gasteiger partial charge in [0.2, 0.25) is 5.90 Å². The van der Waals surface area contributed by atoms with Gasteiger partial charge in [-0.15, -0.1) is 0 Å². The lowest BCUT2D eigenvalue weighted by Gasteiger charge is -2.06. The number of hydrogen-bond donors (Lipinski definition) is 0. The van der Waals surface area contributed by atoms with Crippen molar-refractivity contribution in [2.24, 2.45) is 10.9 Å². The Bertz CT molecular complexity index is 474. The monoisotopic (exact) mass is 269 g/mol. The van der Waals surface area contributed by atoms with Crippen LogP contribution < -0.4 is 0 Å². The molecule has 2 heteroatoms. The van der Waals surface area contributed by atoms with Gasteiger partial charge < -0.3 is 4.74 Å². The molecule has 0 rings (SSSR count). The topological polar surface area (TPSA) is 21.6 Å². The quantitative estimate of drug-likeness (QED) is 0.259. The molecule has 0 aliphatic rings. The highest BCUT2D eigenvalue weighted by molar-refractivity contribution is 5.88. The standard InChI is InChI=1S/C18H23NO/c1-7-11-14-19-18(10-4)20-17(9-3)13-12-16(8-2)15(5)6/h7-15H,1-4H2,5-6H3/b14-11-,16-12+,17-13+,19-18+. The van der Waals surface area contributed by atoms with Crippen LogP contribution in [0, 0.1) is 5.92 Å². The number of ether oxygens (including phenoxy) is 1. The number of allylic oxidation sites excluding steroid dienone is 7. The Morgan fingerprint density at radius 2 is 1.70 bits per heavy atom. The van der Waals surface area contributed by atoms with Gasteiger partial charge in [-0.25, -0.2) is 4.99 Å². The minimum atomic E-state index is 0.396. The molecule has 0 aromatic rings. The van der Waals surface area contributed by atoms with Crippen molar-refractivity contribution < 1.29 is 4.74 Å². The molecule has 0 aliphatic heterocycles. The maximum atomic E-state index is 5.58. The Labute approximate surface area is 122 Å². The van der Waals surface area contributed by atoms with Gasteiger partial charge in [0.05, 0.1) is 0 Å². The lowest BCUT2D eigenvalue weighted by atomic mass is 10.0. The maximum Gasteiger partial charge on any atom is 0.218 e. The summed E-state index contributed by atoms with van der Waals surface area (Å²) in [5.41, 5.74) is 1.12. The molecular weight excluding hydrogens is 246 g/mol.